The lowest BCUT2D eigenvalue weighted by atomic mass is 10.1. The molecule has 0 aliphatic carbocycles. The van der Waals surface area contributed by atoms with Crippen LogP contribution in [0.3, 0.4) is 0 Å². The van der Waals surface area contributed by atoms with Gasteiger partial charge in [0, 0.05) is 47.1 Å². The molecule has 0 aliphatic rings. The molecule has 0 aliphatic heterocycles. The van der Waals surface area contributed by atoms with E-state index in [1.165, 1.54) is 0 Å². The third kappa shape index (κ3) is 3.81. The largest absolute Gasteiger partial charge is 0.377 e. The van der Waals surface area contributed by atoms with Gasteiger partial charge in [0.1, 0.15) is 0 Å². The smallest absolute Gasteiger partial charge is 0.241 e. The average Bonchev–Trinajstić information content (AvgIpc) is 2.61. The first kappa shape index (κ1) is 19.0. The van der Waals surface area contributed by atoms with Gasteiger partial charge in [-0.2, -0.15) is 0 Å². The van der Waals surface area contributed by atoms with Crippen molar-refractivity contribution in [2.45, 2.75) is 11.4 Å². The van der Waals surface area contributed by atoms with Gasteiger partial charge in [0.25, 0.3) is 0 Å². The second kappa shape index (κ2) is 7.45. The van der Waals surface area contributed by atoms with E-state index in [-0.39, 0.29) is 11.4 Å². The summed E-state index contributed by atoms with van der Waals surface area (Å²) in [6.45, 7) is 0.0610. The molecule has 0 spiro atoms. The highest BCUT2D eigenvalue weighted by Crippen LogP contribution is 2.30. The number of hydrogen-bond acceptors (Lipinski definition) is 3. The third-order valence-corrected chi connectivity index (χ3v) is 6.15. The third-order valence-electron chi connectivity index (χ3n) is 4.09. The Hall–Kier alpha value is -1.79. The molecule has 0 fully saturated rings. The molecule has 0 amide bonds. The van der Waals surface area contributed by atoms with Gasteiger partial charge in [-0.1, -0.05) is 47.5 Å². The second-order valence-electron chi connectivity index (χ2n) is 6.08. The van der Waals surface area contributed by atoms with E-state index in [1.54, 1.807) is 30.3 Å². The van der Waals surface area contributed by atoms with Crippen LogP contribution >= 0.6 is 23.2 Å². The molecule has 136 valence electrons. The van der Waals surface area contributed by atoms with Crippen LogP contribution < -0.4 is 9.62 Å². The predicted octanol–water partition coefficient (Wildman–Crippen LogP) is 4.69. The summed E-state index contributed by atoms with van der Waals surface area (Å²) < 4.78 is 28.4. The van der Waals surface area contributed by atoms with E-state index in [9.17, 15) is 8.42 Å². The SMILES string of the molecule is CN(C)c1cccc2c(S(=O)(=O)NCc3cc(Cl)ccc3Cl)cccc12. The molecule has 3 rings (SSSR count). The second-order valence-corrected chi connectivity index (χ2v) is 8.66. The molecule has 0 aromatic heterocycles. The van der Waals surface area contributed by atoms with E-state index in [4.69, 9.17) is 23.2 Å². The summed E-state index contributed by atoms with van der Waals surface area (Å²) in [5.41, 5.74) is 1.58. The van der Waals surface area contributed by atoms with Gasteiger partial charge in [-0.3, -0.25) is 0 Å². The molecule has 1 N–H and O–H groups in total. The van der Waals surface area contributed by atoms with Crippen LogP contribution in [0.1, 0.15) is 5.56 Å². The topological polar surface area (TPSA) is 49.4 Å². The summed E-state index contributed by atoms with van der Waals surface area (Å²) >= 11 is 12.1. The van der Waals surface area contributed by atoms with Crippen molar-refractivity contribution < 1.29 is 8.42 Å². The zero-order valence-corrected chi connectivity index (χ0v) is 16.7. The van der Waals surface area contributed by atoms with E-state index < -0.39 is 10.0 Å². The number of halogens is 2. The molecule has 0 unspecified atom stereocenters. The molecule has 3 aromatic rings. The predicted molar refractivity (Wildman–Crippen MR) is 109 cm³/mol. The summed E-state index contributed by atoms with van der Waals surface area (Å²) in [6, 6.07) is 15.8. The Bertz CT molecular complexity index is 1070. The highest BCUT2D eigenvalue weighted by Gasteiger charge is 2.18. The van der Waals surface area contributed by atoms with Crippen molar-refractivity contribution in [1.82, 2.24) is 4.72 Å². The molecule has 0 saturated carbocycles. The quantitative estimate of drug-likeness (QED) is 0.665. The van der Waals surface area contributed by atoms with E-state index in [1.807, 2.05) is 43.3 Å². The van der Waals surface area contributed by atoms with Gasteiger partial charge in [-0.05, 0) is 35.9 Å². The number of rotatable bonds is 5. The normalized spacial score (nSPS) is 11.7. The minimum absolute atomic E-state index is 0.0610. The van der Waals surface area contributed by atoms with E-state index in [2.05, 4.69) is 4.72 Å². The molecule has 0 bridgehead atoms. The van der Waals surface area contributed by atoms with Crippen molar-refractivity contribution >= 4 is 49.7 Å². The highest BCUT2D eigenvalue weighted by molar-refractivity contribution is 7.89. The maximum absolute atomic E-state index is 12.9. The fourth-order valence-electron chi connectivity index (χ4n) is 2.82. The fourth-order valence-corrected chi connectivity index (χ4v) is 4.42. The molecule has 26 heavy (non-hydrogen) atoms. The number of nitrogens with one attached hydrogen (secondary N) is 1. The zero-order chi connectivity index (χ0) is 18.9. The lowest BCUT2D eigenvalue weighted by Crippen LogP contribution is -2.23. The molecule has 0 radical (unpaired) electrons. The number of fused-ring (bicyclic) bond motifs is 1. The van der Waals surface area contributed by atoms with Crippen molar-refractivity contribution in [3.8, 4) is 0 Å². The Morgan fingerprint density at radius 3 is 2.38 bits per heavy atom. The summed E-state index contributed by atoms with van der Waals surface area (Å²) in [7, 11) is 0.124. The lowest BCUT2D eigenvalue weighted by molar-refractivity contribution is 0.582. The first-order valence-corrected chi connectivity index (χ1v) is 10.2. The number of hydrogen-bond donors (Lipinski definition) is 1. The van der Waals surface area contributed by atoms with Crippen LogP contribution in [0.4, 0.5) is 5.69 Å². The maximum Gasteiger partial charge on any atom is 0.241 e. The van der Waals surface area contributed by atoms with Crippen molar-refractivity contribution in [2.24, 2.45) is 0 Å². The summed E-state index contributed by atoms with van der Waals surface area (Å²) in [5.74, 6) is 0. The molecule has 3 aromatic carbocycles. The Labute approximate surface area is 163 Å². The molecule has 4 nitrogen and oxygen atoms in total. The summed E-state index contributed by atoms with van der Waals surface area (Å²) in [4.78, 5) is 2.19. The van der Waals surface area contributed by atoms with Gasteiger partial charge in [-0.25, -0.2) is 13.1 Å². The van der Waals surface area contributed by atoms with E-state index in [0.717, 1.165) is 11.1 Å². The Balaban J connectivity index is 2.00. The summed E-state index contributed by atoms with van der Waals surface area (Å²) in [6.07, 6.45) is 0. The molecule has 0 atom stereocenters. The van der Waals surface area contributed by atoms with Crippen LogP contribution in [-0.2, 0) is 16.6 Å². The van der Waals surface area contributed by atoms with E-state index in [0.29, 0.717) is 21.0 Å². The first-order chi connectivity index (χ1) is 12.3. The number of nitrogens with zero attached hydrogens (tertiary/aromatic N) is 1. The number of anilines is 1. The van der Waals surface area contributed by atoms with Crippen molar-refractivity contribution in [3.63, 3.8) is 0 Å². The van der Waals surface area contributed by atoms with Crippen LogP contribution in [0.5, 0.6) is 0 Å². The van der Waals surface area contributed by atoms with Crippen molar-refractivity contribution in [2.75, 3.05) is 19.0 Å². The monoisotopic (exact) mass is 408 g/mol. The highest BCUT2D eigenvalue weighted by atomic mass is 35.5. The fraction of sp³-hybridized carbons (Fsp3) is 0.158. The number of benzene rings is 3. The first-order valence-electron chi connectivity index (χ1n) is 7.92. The van der Waals surface area contributed by atoms with Gasteiger partial charge in [0.15, 0.2) is 0 Å². The van der Waals surface area contributed by atoms with Crippen LogP contribution in [0.25, 0.3) is 10.8 Å². The Morgan fingerprint density at radius 1 is 0.962 bits per heavy atom. The minimum Gasteiger partial charge on any atom is -0.377 e. The maximum atomic E-state index is 12.9. The molecule has 0 heterocycles. The van der Waals surface area contributed by atoms with Gasteiger partial charge >= 0.3 is 0 Å². The van der Waals surface area contributed by atoms with E-state index >= 15 is 0 Å². The average molecular weight is 409 g/mol. The molecule has 7 heteroatoms. The van der Waals surface area contributed by atoms with Gasteiger partial charge < -0.3 is 4.90 Å². The van der Waals surface area contributed by atoms with Crippen LogP contribution in [-0.4, -0.2) is 22.5 Å². The van der Waals surface area contributed by atoms with Crippen molar-refractivity contribution in [1.29, 1.82) is 0 Å². The molecule has 0 saturated heterocycles. The number of sulfonamides is 1. The van der Waals surface area contributed by atoms with Crippen LogP contribution in [0.15, 0.2) is 59.5 Å². The standard InChI is InChI=1S/C19H18Cl2N2O2S/c1-23(2)18-7-3-6-16-15(18)5-4-8-19(16)26(24,25)22-12-13-11-14(20)9-10-17(13)21/h3-11,22H,12H2,1-2H3. The van der Waals surface area contributed by atoms with Gasteiger partial charge in [0.2, 0.25) is 10.0 Å². The Morgan fingerprint density at radius 2 is 1.65 bits per heavy atom. The van der Waals surface area contributed by atoms with Gasteiger partial charge in [0.05, 0.1) is 4.90 Å². The Kier molecular flexibility index (Phi) is 5.44. The van der Waals surface area contributed by atoms with Crippen LogP contribution in [0, 0.1) is 0 Å². The zero-order valence-electron chi connectivity index (χ0n) is 14.3. The summed E-state index contributed by atoms with van der Waals surface area (Å²) in [5, 5.41) is 2.51. The minimum atomic E-state index is -3.73. The molecular formula is C19H18Cl2N2O2S. The van der Waals surface area contributed by atoms with Crippen molar-refractivity contribution in [3.05, 3.63) is 70.2 Å². The lowest BCUT2D eigenvalue weighted by Gasteiger charge is -2.17. The molecular weight excluding hydrogens is 391 g/mol. The van der Waals surface area contributed by atoms with Crippen LogP contribution in [0.2, 0.25) is 10.0 Å². The van der Waals surface area contributed by atoms with Gasteiger partial charge in [-0.15, -0.1) is 0 Å².